The molecule has 0 amide bonds. The number of ether oxygens (including phenoxy) is 1. The SMILES string of the molecule is OC[C@H]1OC(O)[C@H](O)C(O)[C@H]1O. The van der Waals surface area contributed by atoms with Gasteiger partial charge in [0, 0.05) is 0 Å². The van der Waals surface area contributed by atoms with E-state index in [0.29, 0.717) is 0 Å². The highest BCUT2D eigenvalue weighted by atomic mass is 16.6. The third-order valence-electron chi connectivity index (χ3n) is 1.87. The number of hydrogen-bond donors (Lipinski definition) is 5. The molecule has 1 aliphatic rings. The highest BCUT2D eigenvalue weighted by Gasteiger charge is 2.42. The zero-order valence-electron chi connectivity index (χ0n) is 6.24. The number of aliphatic hydroxyl groups is 5. The molecule has 1 fully saturated rings. The van der Waals surface area contributed by atoms with E-state index in [2.05, 4.69) is 4.74 Å². The van der Waals surface area contributed by atoms with Crippen LogP contribution >= 0.6 is 0 Å². The predicted molar refractivity (Wildman–Crippen MR) is 36.0 cm³/mol. The van der Waals surface area contributed by atoms with E-state index in [1.165, 1.54) is 0 Å². The Kier molecular flexibility index (Phi) is 2.99. The fourth-order valence-electron chi connectivity index (χ4n) is 1.08. The molecule has 0 aromatic carbocycles. The second kappa shape index (κ2) is 3.65. The van der Waals surface area contributed by atoms with Crippen molar-refractivity contribution in [3.63, 3.8) is 0 Å². The lowest BCUT2D eigenvalue weighted by Gasteiger charge is -2.37. The van der Waals surface area contributed by atoms with Gasteiger partial charge in [0.1, 0.15) is 24.4 Å². The van der Waals surface area contributed by atoms with Crippen LogP contribution in [0.25, 0.3) is 0 Å². The van der Waals surface area contributed by atoms with Crippen molar-refractivity contribution in [2.45, 2.75) is 30.7 Å². The van der Waals surface area contributed by atoms with Crippen molar-refractivity contribution in [3.8, 4) is 0 Å². The lowest BCUT2D eigenvalue weighted by molar-refractivity contribution is -0.286. The van der Waals surface area contributed by atoms with Gasteiger partial charge < -0.3 is 30.3 Å². The Morgan fingerprint density at radius 2 is 1.50 bits per heavy atom. The molecule has 72 valence electrons. The van der Waals surface area contributed by atoms with E-state index in [1.54, 1.807) is 0 Å². The van der Waals surface area contributed by atoms with Gasteiger partial charge in [-0.05, 0) is 0 Å². The van der Waals surface area contributed by atoms with E-state index in [9.17, 15) is 0 Å². The Morgan fingerprint density at radius 3 is 2.00 bits per heavy atom. The molecule has 1 rings (SSSR count). The summed E-state index contributed by atoms with van der Waals surface area (Å²) >= 11 is 0. The third kappa shape index (κ3) is 1.58. The van der Waals surface area contributed by atoms with E-state index in [-0.39, 0.29) is 0 Å². The minimum Gasteiger partial charge on any atom is -0.394 e. The summed E-state index contributed by atoms with van der Waals surface area (Å²) in [6.07, 6.45) is -7.04. The number of aliphatic hydroxyl groups excluding tert-OH is 5. The molecule has 0 saturated carbocycles. The fraction of sp³-hybridized carbons (Fsp3) is 1.00. The average molecular weight is 180 g/mol. The molecule has 5 atom stereocenters. The Balaban J connectivity index is 2.63. The van der Waals surface area contributed by atoms with Crippen LogP contribution in [0, 0.1) is 0 Å². The van der Waals surface area contributed by atoms with Crippen LogP contribution in [0.2, 0.25) is 0 Å². The van der Waals surface area contributed by atoms with Crippen LogP contribution in [-0.4, -0.2) is 62.8 Å². The summed E-state index contributed by atoms with van der Waals surface area (Å²) in [7, 11) is 0. The predicted octanol–water partition coefficient (Wildman–Crippen LogP) is -3.22. The summed E-state index contributed by atoms with van der Waals surface area (Å²) in [5.74, 6) is 0. The van der Waals surface area contributed by atoms with Crippen molar-refractivity contribution in [2.75, 3.05) is 6.61 Å². The summed E-state index contributed by atoms with van der Waals surface area (Å²) < 4.78 is 4.58. The van der Waals surface area contributed by atoms with Gasteiger partial charge >= 0.3 is 0 Å². The standard InChI is InChI=1S/C6H12O6/c7-1-2-3(8)4(9)5(10)6(11)12-2/h2-11H,1H2/t2-,3+,4?,5-,6?/m1/s1. The molecule has 0 bridgehead atoms. The second-order valence-electron chi connectivity index (χ2n) is 2.72. The topological polar surface area (TPSA) is 110 Å². The van der Waals surface area contributed by atoms with E-state index in [4.69, 9.17) is 25.5 Å². The van der Waals surface area contributed by atoms with Crippen molar-refractivity contribution >= 4 is 0 Å². The van der Waals surface area contributed by atoms with Crippen molar-refractivity contribution in [2.24, 2.45) is 0 Å². The minimum atomic E-state index is -1.57. The van der Waals surface area contributed by atoms with Crippen LogP contribution in [0.5, 0.6) is 0 Å². The Morgan fingerprint density at radius 1 is 0.917 bits per heavy atom. The normalized spacial score (nSPS) is 49.2. The lowest BCUT2D eigenvalue weighted by Crippen LogP contribution is -2.58. The van der Waals surface area contributed by atoms with Gasteiger partial charge in [-0.3, -0.25) is 0 Å². The van der Waals surface area contributed by atoms with Gasteiger partial charge in [-0.2, -0.15) is 0 Å². The van der Waals surface area contributed by atoms with Crippen molar-refractivity contribution < 1.29 is 30.3 Å². The average Bonchev–Trinajstić information content (AvgIpc) is 2.08. The molecule has 1 saturated heterocycles. The van der Waals surface area contributed by atoms with Crippen LogP contribution in [0.3, 0.4) is 0 Å². The first-order valence-corrected chi connectivity index (χ1v) is 3.56. The van der Waals surface area contributed by atoms with Gasteiger partial charge in [-0.15, -0.1) is 0 Å². The van der Waals surface area contributed by atoms with Gasteiger partial charge in [0.25, 0.3) is 0 Å². The molecule has 0 radical (unpaired) electrons. The molecular formula is C6H12O6. The largest absolute Gasteiger partial charge is 0.394 e. The van der Waals surface area contributed by atoms with Crippen LogP contribution < -0.4 is 0 Å². The third-order valence-corrected chi connectivity index (χ3v) is 1.87. The summed E-state index contributed by atoms with van der Waals surface area (Å²) in [5.41, 5.74) is 0. The maximum atomic E-state index is 9.12. The summed E-state index contributed by atoms with van der Waals surface area (Å²) in [4.78, 5) is 0. The van der Waals surface area contributed by atoms with Crippen LogP contribution in [0.1, 0.15) is 0 Å². The lowest BCUT2D eigenvalue weighted by atomic mass is 10.00. The summed E-state index contributed by atoms with van der Waals surface area (Å²) in [5, 5.41) is 44.7. The van der Waals surface area contributed by atoms with E-state index in [0.717, 1.165) is 0 Å². The maximum Gasteiger partial charge on any atom is 0.184 e. The molecule has 12 heavy (non-hydrogen) atoms. The van der Waals surface area contributed by atoms with Crippen molar-refractivity contribution in [1.29, 1.82) is 0 Å². The highest BCUT2D eigenvalue weighted by molar-refractivity contribution is 4.87. The van der Waals surface area contributed by atoms with Gasteiger partial charge in [0.2, 0.25) is 0 Å². The zero-order chi connectivity index (χ0) is 9.30. The highest BCUT2D eigenvalue weighted by Crippen LogP contribution is 2.18. The Bertz CT molecular complexity index is 146. The van der Waals surface area contributed by atoms with Gasteiger partial charge in [0.15, 0.2) is 6.29 Å². The van der Waals surface area contributed by atoms with Gasteiger partial charge in [0.05, 0.1) is 6.61 Å². The molecule has 5 N–H and O–H groups in total. The summed E-state index contributed by atoms with van der Waals surface area (Å²) in [6, 6.07) is 0. The summed E-state index contributed by atoms with van der Waals surface area (Å²) in [6.45, 7) is -0.526. The molecule has 1 heterocycles. The first-order valence-electron chi connectivity index (χ1n) is 3.56. The van der Waals surface area contributed by atoms with Crippen LogP contribution in [0.15, 0.2) is 0 Å². The number of rotatable bonds is 1. The van der Waals surface area contributed by atoms with Crippen LogP contribution in [-0.2, 0) is 4.74 Å². The molecule has 2 unspecified atom stereocenters. The fourth-order valence-corrected chi connectivity index (χ4v) is 1.08. The molecule has 0 aromatic rings. The monoisotopic (exact) mass is 180 g/mol. The van der Waals surface area contributed by atoms with Crippen LogP contribution in [0.4, 0.5) is 0 Å². The molecule has 0 aliphatic carbocycles. The Labute approximate surface area is 68.6 Å². The molecular weight excluding hydrogens is 168 g/mol. The molecule has 0 aromatic heterocycles. The van der Waals surface area contributed by atoms with E-state index in [1.807, 2.05) is 0 Å². The first kappa shape index (κ1) is 9.85. The number of hydrogen-bond acceptors (Lipinski definition) is 6. The minimum absolute atomic E-state index is 0.526. The maximum absolute atomic E-state index is 9.12. The zero-order valence-corrected chi connectivity index (χ0v) is 6.24. The van der Waals surface area contributed by atoms with Gasteiger partial charge in [-0.1, -0.05) is 0 Å². The second-order valence-corrected chi connectivity index (χ2v) is 2.72. The first-order chi connectivity index (χ1) is 5.57. The van der Waals surface area contributed by atoms with Gasteiger partial charge in [-0.25, -0.2) is 0 Å². The smallest absolute Gasteiger partial charge is 0.184 e. The molecule has 0 spiro atoms. The van der Waals surface area contributed by atoms with Crippen molar-refractivity contribution in [3.05, 3.63) is 0 Å². The molecule has 6 nitrogen and oxygen atoms in total. The quantitative estimate of drug-likeness (QED) is 0.290. The van der Waals surface area contributed by atoms with E-state index >= 15 is 0 Å². The molecule has 1 aliphatic heterocycles. The van der Waals surface area contributed by atoms with Crippen molar-refractivity contribution in [1.82, 2.24) is 0 Å². The van der Waals surface area contributed by atoms with E-state index < -0.39 is 37.3 Å². The molecule has 6 heteroatoms. The Hall–Kier alpha value is -0.240.